The number of hydrogen-bond donors (Lipinski definition) is 3. The highest BCUT2D eigenvalue weighted by Gasteiger charge is 2.49. The summed E-state index contributed by atoms with van der Waals surface area (Å²) < 4.78 is 0. The van der Waals surface area contributed by atoms with Crippen molar-refractivity contribution in [1.29, 1.82) is 0 Å². The van der Waals surface area contributed by atoms with Crippen LogP contribution in [0.1, 0.15) is 98.3 Å². The van der Waals surface area contributed by atoms with Gasteiger partial charge in [0, 0.05) is 12.5 Å². The Bertz CT molecular complexity index is 326. The molecule has 0 radical (unpaired) electrons. The van der Waals surface area contributed by atoms with E-state index in [1.807, 2.05) is 6.92 Å². The molecule has 4 nitrogen and oxygen atoms in total. The highest BCUT2D eigenvalue weighted by molar-refractivity contribution is 5.86. The zero-order chi connectivity index (χ0) is 17.9. The minimum absolute atomic E-state index is 0.0118. The minimum Gasteiger partial charge on any atom is -0.375 e. The van der Waals surface area contributed by atoms with Gasteiger partial charge in [-0.2, -0.15) is 0 Å². The number of carbonyl (C=O) groups is 1. The first-order chi connectivity index (χ1) is 10.7. The first kappa shape index (κ1) is 22.6. The molecule has 0 aliphatic carbocycles. The number of hydrogen-bond acceptors (Lipinski definition) is 4. The maximum absolute atomic E-state index is 12.6. The first-order valence-corrected chi connectivity index (χ1v) is 9.51. The molecule has 0 rings (SSSR count). The van der Waals surface area contributed by atoms with Crippen molar-refractivity contribution < 1.29 is 9.90 Å². The lowest BCUT2D eigenvalue weighted by Crippen LogP contribution is -2.63. The second-order valence-corrected chi connectivity index (χ2v) is 7.37. The normalized spacial score (nSPS) is 18.2. The molecule has 0 aliphatic rings. The van der Waals surface area contributed by atoms with Crippen LogP contribution in [0.25, 0.3) is 0 Å². The van der Waals surface area contributed by atoms with E-state index in [1.54, 1.807) is 6.92 Å². The van der Waals surface area contributed by atoms with Crippen molar-refractivity contribution in [2.45, 2.75) is 110 Å². The summed E-state index contributed by atoms with van der Waals surface area (Å²) in [6, 6.07) is -0.423. The molecule has 0 bridgehead atoms. The van der Waals surface area contributed by atoms with Crippen LogP contribution in [0.5, 0.6) is 0 Å². The molecule has 3 atom stereocenters. The first-order valence-electron chi connectivity index (χ1n) is 9.51. The SMILES string of the molecule is CCCCCCCCCCCC(=O)C(C)(C(N)CC)C(C)(N)O. The Morgan fingerprint density at radius 2 is 1.39 bits per heavy atom. The number of carbonyl (C=O) groups excluding carboxylic acids is 1. The highest BCUT2D eigenvalue weighted by atomic mass is 16.3. The fourth-order valence-corrected chi connectivity index (χ4v) is 3.13. The van der Waals surface area contributed by atoms with E-state index in [0.717, 1.165) is 12.8 Å². The average Bonchev–Trinajstić information content (AvgIpc) is 2.50. The zero-order valence-electron chi connectivity index (χ0n) is 15.9. The van der Waals surface area contributed by atoms with E-state index in [-0.39, 0.29) is 5.78 Å². The summed E-state index contributed by atoms with van der Waals surface area (Å²) in [6.45, 7) is 7.34. The van der Waals surface area contributed by atoms with Gasteiger partial charge < -0.3 is 16.6 Å². The number of nitrogens with two attached hydrogens (primary N) is 2. The van der Waals surface area contributed by atoms with Gasteiger partial charge in [-0.15, -0.1) is 0 Å². The van der Waals surface area contributed by atoms with Gasteiger partial charge in [-0.1, -0.05) is 65.2 Å². The number of Topliss-reactive ketones (excluding diaryl/α,β-unsaturated/α-hetero) is 1. The molecule has 4 heteroatoms. The third-order valence-corrected chi connectivity index (χ3v) is 5.32. The summed E-state index contributed by atoms with van der Waals surface area (Å²) >= 11 is 0. The van der Waals surface area contributed by atoms with Crippen LogP contribution < -0.4 is 11.5 Å². The second-order valence-electron chi connectivity index (χ2n) is 7.37. The van der Waals surface area contributed by atoms with Gasteiger partial charge in [-0.25, -0.2) is 0 Å². The molecule has 138 valence electrons. The van der Waals surface area contributed by atoms with E-state index < -0.39 is 17.2 Å². The monoisotopic (exact) mass is 328 g/mol. The molecule has 23 heavy (non-hydrogen) atoms. The van der Waals surface area contributed by atoms with Crippen LogP contribution >= 0.6 is 0 Å². The third kappa shape index (κ3) is 7.32. The lowest BCUT2D eigenvalue weighted by atomic mass is 9.69. The zero-order valence-corrected chi connectivity index (χ0v) is 15.9. The topological polar surface area (TPSA) is 89.3 Å². The van der Waals surface area contributed by atoms with Gasteiger partial charge in [0.25, 0.3) is 0 Å². The summed E-state index contributed by atoms with van der Waals surface area (Å²) in [5.74, 6) is -0.0118. The summed E-state index contributed by atoms with van der Waals surface area (Å²) in [6.07, 6.45) is 12.0. The summed E-state index contributed by atoms with van der Waals surface area (Å²) in [5, 5.41) is 10.2. The predicted octanol–water partition coefficient (Wildman–Crippen LogP) is 3.89. The van der Waals surface area contributed by atoms with Crippen LogP contribution in [0.15, 0.2) is 0 Å². The summed E-state index contributed by atoms with van der Waals surface area (Å²) in [5.41, 5.74) is 9.28. The molecule has 0 amide bonds. The average molecular weight is 329 g/mol. The highest BCUT2D eigenvalue weighted by Crippen LogP contribution is 2.34. The predicted molar refractivity (Wildman–Crippen MR) is 98.0 cm³/mol. The molecule has 5 N–H and O–H groups in total. The molecule has 0 spiro atoms. The fourth-order valence-electron chi connectivity index (χ4n) is 3.13. The summed E-state index contributed by atoms with van der Waals surface area (Å²) in [4.78, 5) is 12.6. The molecule has 0 aromatic heterocycles. The van der Waals surface area contributed by atoms with E-state index >= 15 is 0 Å². The molecular formula is C19H40N2O2. The van der Waals surface area contributed by atoms with Crippen molar-refractivity contribution in [3.8, 4) is 0 Å². The van der Waals surface area contributed by atoms with Gasteiger partial charge in [0.05, 0.1) is 5.41 Å². The third-order valence-electron chi connectivity index (χ3n) is 5.32. The molecule has 0 aliphatic heterocycles. The smallest absolute Gasteiger partial charge is 0.144 e. The largest absolute Gasteiger partial charge is 0.375 e. The van der Waals surface area contributed by atoms with Crippen LogP contribution in [0.2, 0.25) is 0 Å². The fraction of sp³-hybridized carbons (Fsp3) is 0.947. The van der Waals surface area contributed by atoms with Crippen molar-refractivity contribution >= 4 is 5.78 Å². The molecular weight excluding hydrogens is 288 g/mol. The molecule has 0 aromatic rings. The van der Waals surface area contributed by atoms with Crippen LogP contribution in [0.4, 0.5) is 0 Å². The van der Waals surface area contributed by atoms with Crippen molar-refractivity contribution in [2.24, 2.45) is 16.9 Å². The van der Waals surface area contributed by atoms with Crippen molar-refractivity contribution in [3.63, 3.8) is 0 Å². The number of ketones is 1. The molecule has 0 fully saturated rings. The molecule has 0 heterocycles. The maximum Gasteiger partial charge on any atom is 0.144 e. The number of rotatable bonds is 14. The van der Waals surface area contributed by atoms with E-state index in [1.165, 1.54) is 51.9 Å². The van der Waals surface area contributed by atoms with Gasteiger partial charge in [-0.3, -0.25) is 4.79 Å². The van der Waals surface area contributed by atoms with Crippen molar-refractivity contribution in [3.05, 3.63) is 0 Å². The lowest BCUT2D eigenvalue weighted by Gasteiger charge is -2.42. The van der Waals surface area contributed by atoms with E-state index in [9.17, 15) is 9.90 Å². The van der Waals surface area contributed by atoms with Gasteiger partial charge in [0.1, 0.15) is 11.5 Å². The maximum atomic E-state index is 12.6. The van der Waals surface area contributed by atoms with Crippen LogP contribution in [-0.2, 0) is 4.79 Å². The molecule has 0 aromatic carbocycles. The molecule has 0 saturated heterocycles. The molecule has 3 unspecified atom stereocenters. The molecule has 0 saturated carbocycles. The second kappa shape index (κ2) is 11.2. The van der Waals surface area contributed by atoms with Gasteiger partial charge in [-0.05, 0) is 26.7 Å². The van der Waals surface area contributed by atoms with Crippen LogP contribution in [0.3, 0.4) is 0 Å². The van der Waals surface area contributed by atoms with Crippen molar-refractivity contribution in [2.75, 3.05) is 0 Å². The van der Waals surface area contributed by atoms with E-state index in [2.05, 4.69) is 6.92 Å². The van der Waals surface area contributed by atoms with Crippen LogP contribution in [-0.4, -0.2) is 22.7 Å². The Labute approximate surface area is 143 Å². The number of unbranched alkanes of at least 4 members (excludes halogenated alkanes) is 8. The van der Waals surface area contributed by atoms with E-state index in [0.29, 0.717) is 12.8 Å². The Morgan fingerprint density at radius 1 is 0.957 bits per heavy atom. The lowest BCUT2D eigenvalue weighted by molar-refractivity contribution is -0.147. The van der Waals surface area contributed by atoms with Gasteiger partial charge in [0.2, 0.25) is 0 Å². The Balaban J connectivity index is 4.12. The quantitative estimate of drug-likeness (QED) is 0.333. The Kier molecular flexibility index (Phi) is 10.9. The van der Waals surface area contributed by atoms with Gasteiger partial charge in [0.15, 0.2) is 0 Å². The van der Waals surface area contributed by atoms with Crippen LogP contribution in [0, 0.1) is 5.41 Å². The summed E-state index contributed by atoms with van der Waals surface area (Å²) in [7, 11) is 0. The van der Waals surface area contributed by atoms with E-state index in [4.69, 9.17) is 11.5 Å². The standard InChI is InChI=1S/C19H40N2O2/c1-5-7-8-9-10-11-12-13-14-15-17(22)18(3,16(20)6-2)19(4,21)23/h16,23H,5-15,20-21H2,1-4H3. The Morgan fingerprint density at radius 3 is 1.78 bits per heavy atom. The number of aliphatic hydroxyl groups is 1. The van der Waals surface area contributed by atoms with Crippen molar-refractivity contribution in [1.82, 2.24) is 0 Å². The Hall–Kier alpha value is -0.450. The van der Waals surface area contributed by atoms with Gasteiger partial charge >= 0.3 is 0 Å². The minimum atomic E-state index is -1.58.